The van der Waals surface area contributed by atoms with E-state index in [4.69, 9.17) is 18.9 Å². The van der Waals surface area contributed by atoms with Crippen molar-refractivity contribution in [2.24, 2.45) is 22.7 Å². The van der Waals surface area contributed by atoms with Crippen molar-refractivity contribution in [2.45, 2.75) is 97.2 Å². The fraction of sp³-hybridized carbons (Fsp3) is 0.645. The maximum atomic E-state index is 12.9. The molecule has 0 bridgehead atoms. The number of carbonyl (C=O) groups excluding carboxylic acids is 3. The summed E-state index contributed by atoms with van der Waals surface area (Å²) in [5.74, 6) is 0.712. The van der Waals surface area contributed by atoms with Crippen molar-refractivity contribution < 1.29 is 33.3 Å². The lowest BCUT2D eigenvalue weighted by Gasteiger charge is -2.57. The number of hydrogen-bond acceptors (Lipinski definition) is 7. The van der Waals surface area contributed by atoms with Crippen LogP contribution in [-0.4, -0.2) is 36.7 Å². The zero-order valence-corrected chi connectivity index (χ0v) is 23.3. The summed E-state index contributed by atoms with van der Waals surface area (Å²) in [6.45, 7) is 11.7. The van der Waals surface area contributed by atoms with Crippen LogP contribution in [0.2, 0.25) is 0 Å². The number of methoxy groups -OCH3 is 1. The van der Waals surface area contributed by atoms with Crippen LogP contribution in [0.5, 0.6) is 11.5 Å². The molecule has 1 saturated heterocycles. The molecular formula is C31H40O7. The molecule has 38 heavy (non-hydrogen) atoms. The van der Waals surface area contributed by atoms with E-state index in [1.165, 1.54) is 26.5 Å². The summed E-state index contributed by atoms with van der Waals surface area (Å²) in [4.78, 5) is 36.4. The maximum Gasteiger partial charge on any atom is 0.311 e. The number of benzene rings is 1. The van der Waals surface area contributed by atoms with Crippen LogP contribution in [0.3, 0.4) is 0 Å². The van der Waals surface area contributed by atoms with Crippen LogP contribution in [0.15, 0.2) is 24.3 Å². The van der Waals surface area contributed by atoms with Gasteiger partial charge < -0.3 is 18.9 Å². The second-order valence-corrected chi connectivity index (χ2v) is 12.4. The Labute approximate surface area is 225 Å². The van der Waals surface area contributed by atoms with E-state index < -0.39 is 5.41 Å². The molecule has 7 nitrogen and oxygen atoms in total. The van der Waals surface area contributed by atoms with E-state index >= 15 is 0 Å². The molecule has 6 atom stereocenters. The molecule has 206 valence electrons. The molecule has 1 heterocycles. The molecule has 0 N–H and O–H groups in total. The standard InChI is InChI=1S/C31H40O7/c1-18-8-11-26-29(4,13-7-14-30(26,5)28(34)35-6)23(18)12-15-31-17-22-21(16-27(31)38-31)24(36-19(2)32)9-10-25(22)37-20(3)33/h9-10,23,26-27H,1,7-8,11-17H2,2-6H3/t23-,26+,27?,29+,30-,31?/m0/s1. The zero-order valence-electron chi connectivity index (χ0n) is 23.3. The molecule has 7 heteroatoms. The lowest BCUT2D eigenvalue weighted by atomic mass is 9.46. The molecule has 3 fully saturated rings. The molecule has 4 aliphatic rings. The van der Waals surface area contributed by atoms with E-state index in [1.807, 2.05) is 0 Å². The number of esters is 3. The Morgan fingerprint density at radius 2 is 1.71 bits per heavy atom. The fourth-order valence-electron chi connectivity index (χ4n) is 8.34. The Balaban J connectivity index is 1.39. The minimum atomic E-state index is -0.465. The van der Waals surface area contributed by atoms with E-state index in [0.29, 0.717) is 30.3 Å². The van der Waals surface area contributed by atoms with Crippen LogP contribution in [0.1, 0.15) is 83.8 Å². The summed E-state index contributed by atoms with van der Waals surface area (Å²) >= 11 is 0. The monoisotopic (exact) mass is 524 g/mol. The minimum absolute atomic E-state index is 0.0183. The summed E-state index contributed by atoms with van der Waals surface area (Å²) in [5.41, 5.74) is 2.23. The van der Waals surface area contributed by atoms with Crippen molar-refractivity contribution in [3.05, 3.63) is 35.4 Å². The zero-order chi connectivity index (χ0) is 27.5. The van der Waals surface area contributed by atoms with E-state index in [2.05, 4.69) is 20.4 Å². The fourth-order valence-corrected chi connectivity index (χ4v) is 8.34. The van der Waals surface area contributed by atoms with Gasteiger partial charge in [0.1, 0.15) is 11.5 Å². The van der Waals surface area contributed by atoms with Gasteiger partial charge in [0.25, 0.3) is 0 Å². The Hall–Kier alpha value is -2.67. The van der Waals surface area contributed by atoms with E-state index in [-0.39, 0.29) is 40.9 Å². The summed E-state index contributed by atoms with van der Waals surface area (Å²) in [6.07, 6.45) is 7.89. The highest BCUT2D eigenvalue weighted by Crippen LogP contribution is 2.63. The highest BCUT2D eigenvalue weighted by molar-refractivity contribution is 5.77. The Bertz CT molecular complexity index is 1190. The second kappa shape index (κ2) is 9.51. The molecule has 2 unspecified atom stereocenters. The molecular weight excluding hydrogens is 484 g/mol. The van der Waals surface area contributed by atoms with Crippen molar-refractivity contribution in [3.63, 3.8) is 0 Å². The lowest BCUT2D eigenvalue weighted by molar-refractivity contribution is -0.168. The summed E-state index contributed by atoms with van der Waals surface area (Å²) in [6, 6.07) is 3.40. The summed E-state index contributed by atoms with van der Waals surface area (Å²) < 4.78 is 22.7. The van der Waals surface area contributed by atoms with Crippen LogP contribution in [0.4, 0.5) is 0 Å². The topological polar surface area (TPSA) is 91.4 Å². The van der Waals surface area contributed by atoms with Gasteiger partial charge in [0.15, 0.2) is 0 Å². The maximum absolute atomic E-state index is 12.9. The normalized spacial score (nSPS) is 35.3. The highest BCUT2D eigenvalue weighted by atomic mass is 16.6. The average molecular weight is 525 g/mol. The molecule has 0 amide bonds. The number of fused-ring (bicyclic) bond motifs is 3. The van der Waals surface area contributed by atoms with Crippen LogP contribution >= 0.6 is 0 Å². The van der Waals surface area contributed by atoms with Crippen LogP contribution in [-0.2, 0) is 36.7 Å². The molecule has 5 rings (SSSR count). The third-order valence-corrected chi connectivity index (χ3v) is 10.2. The Morgan fingerprint density at radius 3 is 2.34 bits per heavy atom. The van der Waals surface area contributed by atoms with E-state index in [9.17, 15) is 14.4 Å². The largest absolute Gasteiger partial charge is 0.469 e. The number of allylic oxidation sites excluding steroid dienone is 1. The highest BCUT2D eigenvalue weighted by Gasteiger charge is 2.61. The average Bonchev–Trinajstić information content (AvgIpc) is 3.56. The first-order valence-electron chi connectivity index (χ1n) is 13.9. The molecule has 0 radical (unpaired) electrons. The molecule has 3 aliphatic carbocycles. The number of epoxide rings is 1. The van der Waals surface area contributed by atoms with Gasteiger partial charge in [-0.1, -0.05) is 25.5 Å². The van der Waals surface area contributed by atoms with Crippen molar-refractivity contribution in [1.82, 2.24) is 0 Å². The lowest BCUT2D eigenvalue weighted by Crippen LogP contribution is -2.53. The SMILES string of the molecule is C=C1CC[C@@H]2[C@](C)(CCC[C@]2(C)C(=O)OC)[C@H]1CCC12Cc3c(OC(C)=O)ccc(OC(C)=O)c3CC1O2. The predicted molar refractivity (Wildman–Crippen MR) is 141 cm³/mol. The molecule has 0 aromatic heterocycles. The van der Waals surface area contributed by atoms with Gasteiger partial charge in [-0.2, -0.15) is 0 Å². The van der Waals surface area contributed by atoms with Crippen molar-refractivity contribution in [2.75, 3.05) is 7.11 Å². The first kappa shape index (κ1) is 26.9. The van der Waals surface area contributed by atoms with Gasteiger partial charge in [0.05, 0.1) is 24.2 Å². The number of hydrogen-bond donors (Lipinski definition) is 0. The second-order valence-electron chi connectivity index (χ2n) is 12.4. The smallest absolute Gasteiger partial charge is 0.311 e. The predicted octanol–water partition coefficient (Wildman–Crippen LogP) is 5.51. The van der Waals surface area contributed by atoms with Gasteiger partial charge in [-0.05, 0) is 74.8 Å². The van der Waals surface area contributed by atoms with Gasteiger partial charge in [-0.3, -0.25) is 14.4 Å². The van der Waals surface area contributed by atoms with Gasteiger partial charge in [-0.25, -0.2) is 0 Å². The van der Waals surface area contributed by atoms with Gasteiger partial charge in [-0.15, -0.1) is 0 Å². The quantitative estimate of drug-likeness (QED) is 0.210. The van der Waals surface area contributed by atoms with Crippen molar-refractivity contribution >= 4 is 17.9 Å². The summed E-state index contributed by atoms with van der Waals surface area (Å²) in [7, 11) is 1.50. The molecule has 2 saturated carbocycles. The first-order valence-corrected chi connectivity index (χ1v) is 13.9. The molecule has 0 spiro atoms. The van der Waals surface area contributed by atoms with E-state index in [1.54, 1.807) is 12.1 Å². The molecule has 1 aliphatic heterocycles. The van der Waals surface area contributed by atoms with Gasteiger partial charge in [0.2, 0.25) is 0 Å². The number of rotatable bonds is 6. The van der Waals surface area contributed by atoms with Crippen LogP contribution in [0, 0.1) is 22.7 Å². The van der Waals surface area contributed by atoms with E-state index in [0.717, 1.165) is 56.1 Å². The molecule has 1 aromatic rings. The number of carbonyl (C=O) groups is 3. The Morgan fingerprint density at radius 1 is 1.05 bits per heavy atom. The van der Waals surface area contributed by atoms with Gasteiger partial charge >= 0.3 is 17.9 Å². The Kier molecular flexibility index (Phi) is 6.74. The third-order valence-electron chi connectivity index (χ3n) is 10.2. The number of ether oxygens (including phenoxy) is 4. The minimum Gasteiger partial charge on any atom is -0.469 e. The van der Waals surface area contributed by atoms with Crippen LogP contribution < -0.4 is 9.47 Å². The van der Waals surface area contributed by atoms with Gasteiger partial charge in [0, 0.05) is 37.8 Å². The molecule has 1 aromatic carbocycles. The van der Waals surface area contributed by atoms with Crippen LogP contribution in [0.25, 0.3) is 0 Å². The first-order chi connectivity index (χ1) is 17.9. The third kappa shape index (κ3) is 4.37. The van der Waals surface area contributed by atoms with Crippen molar-refractivity contribution in [1.29, 1.82) is 0 Å². The summed E-state index contributed by atoms with van der Waals surface area (Å²) in [5, 5.41) is 0. The van der Waals surface area contributed by atoms with Crippen molar-refractivity contribution in [3.8, 4) is 11.5 Å².